The zero-order valence-electron chi connectivity index (χ0n) is 12.0. The van der Waals surface area contributed by atoms with E-state index in [-0.39, 0.29) is 11.7 Å². The number of rotatable bonds is 8. The first-order chi connectivity index (χ1) is 9.12. The molecule has 0 aromatic carbocycles. The van der Waals surface area contributed by atoms with Gasteiger partial charge in [0.15, 0.2) is 0 Å². The molecule has 0 amide bonds. The number of aromatic nitrogens is 2. The lowest BCUT2D eigenvalue weighted by Crippen LogP contribution is -2.35. The Morgan fingerprint density at radius 3 is 2.79 bits per heavy atom. The summed E-state index contributed by atoms with van der Waals surface area (Å²) < 4.78 is 6.83. The third-order valence-corrected chi connectivity index (χ3v) is 2.90. The van der Waals surface area contributed by atoms with Crippen LogP contribution in [0.2, 0.25) is 0 Å². The number of nitrogens with two attached hydrogens (primary N) is 1. The molecule has 19 heavy (non-hydrogen) atoms. The first-order valence-electron chi connectivity index (χ1n) is 6.72. The Balaban J connectivity index is 2.79. The molecule has 0 saturated carbocycles. The van der Waals surface area contributed by atoms with Crippen LogP contribution in [0.15, 0.2) is 17.1 Å². The molecule has 0 radical (unpaired) electrons. The molecule has 2 N–H and O–H groups in total. The summed E-state index contributed by atoms with van der Waals surface area (Å²) in [6, 6.07) is 1.60. The smallest absolute Gasteiger partial charge is 0.268 e. The van der Waals surface area contributed by atoms with Gasteiger partial charge >= 0.3 is 0 Å². The van der Waals surface area contributed by atoms with Gasteiger partial charge in [0.2, 0.25) is 0 Å². The zero-order chi connectivity index (χ0) is 14.3. The minimum Gasteiger partial charge on any atom is -0.375 e. The van der Waals surface area contributed by atoms with Gasteiger partial charge in [0.05, 0.1) is 24.5 Å². The molecule has 1 heterocycles. The molecule has 1 atom stereocenters. The maximum Gasteiger partial charge on any atom is 0.268 e. The second-order valence-electron chi connectivity index (χ2n) is 4.47. The summed E-state index contributed by atoms with van der Waals surface area (Å²) in [7, 11) is 1.95. The Kier molecular flexibility index (Phi) is 6.52. The third-order valence-electron chi connectivity index (χ3n) is 2.90. The highest BCUT2D eigenvalue weighted by molar-refractivity contribution is 5.41. The monoisotopic (exact) mass is 268 g/mol. The van der Waals surface area contributed by atoms with Gasteiger partial charge in [0.25, 0.3) is 5.56 Å². The molecule has 0 aliphatic heterocycles. The van der Waals surface area contributed by atoms with Crippen LogP contribution in [-0.4, -0.2) is 42.6 Å². The Bertz CT molecular complexity index is 433. The van der Waals surface area contributed by atoms with Gasteiger partial charge in [-0.05, 0) is 13.3 Å². The van der Waals surface area contributed by atoms with E-state index in [9.17, 15) is 4.79 Å². The van der Waals surface area contributed by atoms with E-state index in [1.807, 2.05) is 18.9 Å². The van der Waals surface area contributed by atoms with Crippen molar-refractivity contribution in [2.45, 2.75) is 32.9 Å². The SMILES string of the molecule is CCCN(C)c1cnn(CC(CN)OCC)c(=O)c1. The maximum atomic E-state index is 12.0. The summed E-state index contributed by atoms with van der Waals surface area (Å²) in [5.41, 5.74) is 6.31. The lowest BCUT2D eigenvalue weighted by molar-refractivity contribution is 0.0531. The summed E-state index contributed by atoms with van der Waals surface area (Å²) in [6.07, 6.45) is 2.56. The van der Waals surface area contributed by atoms with Crippen molar-refractivity contribution in [3.8, 4) is 0 Å². The molecule has 1 aromatic heterocycles. The van der Waals surface area contributed by atoms with E-state index in [0.717, 1.165) is 18.7 Å². The first kappa shape index (κ1) is 15.7. The van der Waals surface area contributed by atoms with Crippen LogP contribution in [-0.2, 0) is 11.3 Å². The highest BCUT2D eigenvalue weighted by Gasteiger charge is 2.10. The standard InChI is InChI=1S/C13H24N4O2/c1-4-6-16(3)11-7-13(18)17(15-9-11)10-12(8-14)19-5-2/h7,9,12H,4-6,8,10,14H2,1-3H3. The molecule has 0 aliphatic rings. The van der Waals surface area contributed by atoms with Gasteiger partial charge in [-0.1, -0.05) is 6.92 Å². The van der Waals surface area contributed by atoms with Gasteiger partial charge in [-0.25, -0.2) is 4.68 Å². The molecule has 0 aliphatic carbocycles. The van der Waals surface area contributed by atoms with E-state index < -0.39 is 0 Å². The lowest BCUT2D eigenvalue weighted by atomic mass is 10.3. The number of nitrogens with zero attached hydrogens (tertiary/aromatic N) is 3. The molecule has 0 fully saturated rings. The highest BCUT2D eigenvalue weighted by atomic mass is 16.5. The lowest BCUT2D eigenvalue weighted by Gasteiger charge is -2.19. The topological polar surface area (TPSA) is 73.4 Å². The van der Waals surface area contributed by atoms with E-state index in [0.29, 0.717) is 19.7 Å². The van der Waals surface area contributed by atoms with Gasteiger partial charge in [-0.3, -0.25) is 4.79 Å². The Morgan fingerprint density at radius 2 is 2.26 bits per heavy atom. The van der Waals surface area contributed by atoms with E-state index in [2.05, 4.69) is 12.0 Å². The number of hydrogen-bond donors (Lipinski definition) is 1. The van der Waals surface area contributed by atoms with Crippen LogP contribution in [0.5, 0.6) is 0 Å². The summed E-state index contributed by atoms with van der Waals surface area (Å²) in [5, 5.41) is 4.18. The summed E-state index contributed by atoms with van der Waals surface area (Å²) in [5.74, 6) is 0. The molecule has 6 nitrogen and oxygen atoms in total. The molecular weight excluding hydrogens is 244 g/mol. The van der Waals surface area contributed by atoms with Crippen LogP contribution in [0, 0.1) is 0 Å². The van der Waals surface area contributed by atoms with E-state index in [1.54, 1.807) is 12.3 Å². The molecule has 1 unspecified atom stereocenters. The Morgan fingerprint density at radius 1 is 1.53 bits per heavy atom. The van der Waals surface area contributed by atoms with Crippen LogP contribution in [0.1, 0.15) is 20.3 Å². The third kappa shape index (κ3) is 4.65. The number of anilines is 1. The summed E-state index contributed by atoms with van der Waals surface area (Å²) >= 11 is 0. The summed E-state index contributed by atoms with van der Waals surface area (Å²) in [6.45, 7) is 6.24. The zero-order valence-corrected chi connectivity index (χ0v) is 12.0. The fourth-order valence-corrected chi connectivity index (χ4v) is 1.86. The Hall–Kier alpha value is -1.40. The van der Waals surface area contributed by atoms with Crippen LogP contribution in [0.25, 0.3) is 0 Å². The molecular formula is C13H24N4O2. The summed E-state index contributed by atoms with van der Waals surface area (Å²) in [4.78, 5) is 14.0. The molecule has 1 rings (SSSR count). The molecule has 0 spiro atoms. The van der Waals surface area contributed by atoms with Crippen LogP contribution in [0.3, 0.4) is 0 Å². The number of ether oxygens (including phenoxy) is 1. The number of hydrogen-bond acceptors (Lipinski definition) is 5. The fraction of sp³-hybridized carbons (Fsp3) is 0.692. The minimum atomic E-state index is -0.172. The van der Waals surface area contributed by atoms with Gasteiger partial charge in [0, 0.05) is 32.8 Å². The Labute approximate surface area is 114 Å². The average molecular weight is 268 g/mol. The highest BCUT2D eigenvalue weighted by Crippen LogP contribution is 2.07. The molecule has 1 aromatic rings. The largest absolute Gasteiger partial charge is 0.375 e. The van der Waals surface area contributed by atoms with Crippen molar-refractivity contribution in [2.24, 2.45) is 5.73 Å². The van der Waals surface area contributed by atoms with Gasteiger partial charge in [-0.2, -0.15) is 5.10 Å². The van der Waals surface area contributed by atoms with Crippen molar-refractivity contribution in [1.29, 1.82) is 0 Å². The van der Waals surface area contributed by atoms with Crippen molar-refractivity contribution < 1.29 is 4.74 Å². The first-order valence-corrected chi connectivity index (χ1v) is 6.72. The quantitative estimate of drug-likeness (QED) is 0.741. The van der Waals surface area contributed by atoms with Crippen LogP contribution >= 0.6 is 0 Å². The van der Waals surface area contributed by atoms with Gasteiger partial charge < -0.3 is 15.4 Å². The fourth-order valence-electron chi connectivity index (χ4n) is 1.86. The maximum absolute atomic E-state index is 12.0. The molecule has 0 saturated heterocycles. The van der Waals surface area contributed by atoms with Crippen LogP contribution < -0.4 is 16.2 Å². The van der Waals surface area contributed by atoms with E-state index in [4.69, 9.17) is 10.5 Å². The van der Waals surface area contributed by atoms with Crippen molar-refractivity contribution >= 4 is 5.69 Å². The average Bonchev–Trinajstić information content (AvgIpc) is 2.40. The van der Waals surface area contributed by atoms with Gasteiger partial charge in [0.1, 0.15) is 0 Å². The molecule has 108 valence electrons. The van der Waals surface area contributed by atoms with Crippen molar-refractivity contribution in [2.75, 3.05) is 31.6 Å². The van der Waals surface area contributed by atoms with Crippen LogP contribution in [0.4, 0.5) is 5.69 Å². The van der Waals surface area contributed by atoms with Crippen molar-refractivity contribution in [3.05, 3.63) is 22.6 Å². The minimum absolute atomic E-state index is 0.126. The second kappa shape index (κ2) is 7.91. The van der Waals surface area contributed by atoms with Gasteiger partial charge in [-0.15, -0.1) is 0 Å². The van der Waals surface area contributed by atoms with E-state index >= 15 is 0 Å². The molecule has 6 heteroatoms. The predicted octanol–water partition coefficient (Wildman–Crippen LogP) is 0.453. The molecule has 0 bridgehead atoms. The van der Waals surface area contributed by atoms with Crippen molar-refractivity contribution in [3.63, 3.8) is 0 Å². The predicted molar refractivity (Wildman–Crippen MR) is 76.5 cm³/mol. The van der Waals surface area contributed by atoms with Crippen molar-refractivity contribution in [1.82, 2.24) is 9.78 Å². The second-order valence-corrected chi connectivity index (χ2v) is 4.47. The van der Waals surface area contributed by atoms with E-state index in [1.165, 1.54) is 4.68 Å². The normalized spacial score (nSPS) is 12.4.